The Hall–Kier alpha value is -0.390. The van der Waals surface area contributed by atoms with Crippen LogP contribution >= 0.6 is 15.9 Å². The molecule has 0 aromatic carbocycles. The van der Waals surface area contributed by atoms with Crippen molar-refractivity contribution in [3.05, 3.63) is 16.4 Å². The van der Waals surface area contributed by atoms with E-state index in [-0.39, 0.29) is 12.1 Å². The summed E-state index contributed by atoms with van der Waals surface area (Å²) < 4.78 is 9.17. The second-order valence-electron chi connectivity index (χ2n) is 4.99. The lowest BCUT2D eigenvalue weighted by Gasteiger charge is -2.28. The summed E-state index contributed by atoms with van der Waals surface area (Å²) >= 11 is 3.64. The van der Waals surface area contributed by atoms with Gasteiger partial charge in [-0.3, -0.25) is 4.68 Å². The molecule has 1 fully saturated rings. The van der Waals surface area contributed by atoms with Crippen LogP contribution in [0.2, 0.25) is 0 Å². The molecule has 0 amide bonds. The van der Waals surface area contributed by atoms with Crippen molar-refractivity contribution < 1.29 is 4.74 Å². The van der Waals surface area contributed by atoms with Crippen LogP contribution in [0.25, 0.3) is 0 Å². The van der Waals surface area contributed by atoms with Crippen LogP contribution in [0.1, 0.15) is 45.3 Å². The van der Waals surface area contributed by atoms with Gasteiger partial charge < -0.3 is 10.1 Å². The van der Waals surface area contributed by atoms with E-state index in [4.69, 9.17) is 4.74 Å². The number of rotatable bonds is 8. The summed E-state index contributed by atoms with van der Waals surface area (Å²) in [5, 5.41) is 8.02. The number of hydrogen-bond acceptors (Lipinski definition) is 3. The first-order valence-corrected chi connectivity index (χ1v) is 8.08. The zero-order chi connectivity index (χ0) is 13.8. The van der Waals surface area contributed by atoms with Gasteiger partial charge in [-0.1, -0.05) is 6.92 Å². The number of hydrogen-bond donors (Lipinski definition) is 1. The summed E-state index contributed by atoms with van der Waals surface area (Å²) in [4.78, 5) is 0. The summed E-state index contributed by atoms with van der Waals surface area (Å²) in [6, 6.07) is 0.217. The fraction of sp³-hybridized carbons (Fsp3) is 0.786. The van der Waals surface area contributed by atoms with Crippen molar-refractivity contribution >= 4 is 15.9 Å². The fourth-order valence-corrected chi connectivity index (χ4v) is 3.19. The first-order valence-electron chi connectivity index (χ1n) is 7.29. The summed E-state index contributed by atoms with van der Waals surface area (Å²) in [7, 11) is 0. The Kier molecular flexibility index (Phi) is 5.42. The second kappa shape index (κ2) is 6.86. The maximum atomic E-state index is 6.03. The summed E-state index contributed by atoms with van der Waals surface area (Å²) in [5.74, 6) is 0.691. The van der Waals surface area contributed by atoms with Crippen LogP contribution in [0.5, 0.6) is 0 Å². The van der Waals surface area contributed by atoms with E-state index in [9.17, 15) is 0 Å². The van der Waals surface area contributed by atoms with Gasteiger partial charge in [-0.15, -0.1) is 0 Å². The quantitative estimate of drug-likeness (QED) is 0.796. The van der Waals surface area contributed by atoms with Gasteiger partial charge in [0.05, 0.1) is 28.5 Å². The molecule has 1 saturated carbocycles. The molecule has 2 atom stereocenters. The van der Waals surface area contributed by atoms with E-state index in [1.54, 1.807) is 0 Å². The van der Waals surface area contributed by atoms with Gasteiger partial charge in [0, 0.05) is 13.2 Å². The van der Waals surface area contributed by atoms with E-state index in [0.29, 0.717) is 5.92 Å². The van der Waals surface area contributed by atoms with Crippen LogP contribution in [0.4, 0.5) is 0 Å². The molecule has 0 saturated heterocycles. The van der Waals surface area contributed by atoms with Gasteiger partial charge in [0.25, 0.3) is 0 Å². The number of likely N-dealkylation sites (N-methyl/N-ethyl adjacent to an activating group) is 1. The van der Waals surface area contributed by atoms with Gasteiger partial charge in [0.2, 0.25) is 0 Å². The average molecular weight is 330 g/mol. The average Bonchev–Trinajstić information content (AvgIpc) is 3.17. The number of aryl methyl sites for hydroxylation is 1. The van der Waals surface area contributed by atoms with Gasteiger partial charge in [-0.2, -0.15) is 5.10 Å². The minimum Gasteiger partial charge on any atom is -0.376 e. The molecule has 4 nitrogen and oxygen atoms in total. The fourth-order valence-electron chi connectivity index (χ4n) is 2.64. The molecule has 0 aliphatic heterocycles. The highest BCUT2D eigenvalue weighted by atomic mass is 79.9. The first kappa shape index (κ1) is 15.0. The monoisotopic (exact) mass is 329 g/mol. The normalized spacial score (nSPS) is 18.5. The Morgan fingerprint density at radius 2 is 2.21 bits per heavy atom. The second-order valence-corrected chi connectivity index (χ2v) is 5.84. The van der Waals surface area contributed by atoms with E-state index in [0.717, 1.165) is 24.2 Å². The van der Waals surface area contributed by atoms with Gasteiger partial charge in [-0.05, 0) is 55.1 Å². The predicted molar refractivity (Wildman–Crippen MR) is 80.2 cm³/mol. The largest absolute Gasteiger partial charge is 0.376 e. The summed E-state index contributed by atoms with van der Waals surface area (Å²) in [5.41, 5.74) is 1.22. The van der Waals surface area contributed by atoms with E-state index < -0.39 is 0 Å². The van der Waals surface area contributed by atoms with E-state index in [2.05, 4.69) is 51.8 Å². The highest BCUT2D eigenvalue weighted by Gasteiger charge is 2.39. The maximum Gasteiger partial charge on any atom is 0.0813 e. The molecule has 2 rings (SSSR count). The van der Waals surface area contributed by atoms with Crippen LogP contribution in [0, 0.1) is 5.92 Å². The molecule has 0 radical (unpaired) electrons. The minimum atomic E-state index is 0.217. The number of nitrogens with one attached hydrogen (secondary N) is 1. The van der Waals surface area contributed by atoms with E-state index in [1.165, 1.54) is 18.5 Å². The van der Waals surface area contributed by atoms with Crippen LogP contribution < -0.4 is 5.32 Å². The Labute approximate surface area is 124 Å². The number of aromatic nitrogens is 2. The molecule has 5 heteroatoms. The van der Waals surface area contributed by atoms with E-state index in [1.807, 2.05) is 6.20 Å². The minimum absolute atomic E-state index is 0.217. The SMILES string of the molecule is CCNC(c1c(Br)cnn1CC)C(OCC)C1CC1. The van der Waals surface area contributed by atoms with Crippen molar-refractivity contribution in [2.75, 3.05) is 13.2 Å². The lowest BCUT2D eigenvalue weighted by Crippen LogP contribution is -2.37. The molecule has 2 unspecified atom stereocenters. The lowest BCUT2D eigenvalue weighted by molar-refractivity contribution is 0.0166. The third kappa shape index (κ3) is 3.38. The molecule has 0 spiro atoms. The third-order valence-corrected chi connectivity index (χ3v) is 4.24. The molecular formula is C14H24BrN3O. The smallest absolute Gasteiger partial charge is 0.0813 e. The van der Waals surface area contributed by atoms with Crippen LogP contribution in [0.3, 0.4) is 0 Å². The predicted octanol–water partition coefficient (Wildman–Crippen LogP) is 3.13. The molecule has 1 aromatic heterocycles. The molecule has 1 N–H and O–H groups in total. The molecular weight excluding hydrogens is 306 g/mol. The Morgan fingerprint density at radius 1 is 1.47 bits per heavy atom. The Morgan fingerprint density at radius 3 is 2.74 bits per heavy atom. The number of halogens is 1. The number of ether oxygens (including phenoxy) is 1. The van der Waals surface area contributed by atoms with Gasteiger partial charge in [-0.25, -0.2) is 0 Å². The third-order valence-electron chi connectivity index (χ3n) is 3.63. The molecule has 1 aromatic rings. The first-order chi connectivity index (χ1) is 9.22. The maximum absolute atomic E-state index is 6.03. The van der Waals surface area contributed by atoms with Gasteiger partial charge in [0.1, 0.15) is 0 Å². The highest BCUT2D eigenvalue weighted by molar-refractivity contribution is 9.10. The van der Waals surface area contributed by atoms with Crippen LogP contribution in [0.15, 0.2) is 10.7 Å². The standard InChI is InChI=1S/C14H24BrN3O/c1-4-16-12(14(19-6-3)10-7-8-10)13-11(15)9-17-18(13)5-2/h9-10,12,14,16H,4-8H2,1-3H3. The Bertz CT molecular complexity index is 403. The lowest BCUT2D eigenvalue weighted by atomic mass is 10.0. The van der Waals surface area contributed by atoms with Crippen LogP contribution in [-0.2, 0) is 11.3 Å². The molecule has 19 heavy (non-hydrogen) atoms. The van der Waals surface area contributed by atoms with Gasteiger partial charge >= 0.3 is 0 Å². The topological polar surface area (TPSA) is 39.1 Å². The highest BCUT2D eigenvalue weighted by Crippen LogP contribution is 2.41. The molecule has 0 bridgehead atoms. The zero-order valence-electron chi connectivity index (χ0n) is 12.0. The molecule has 1 aliphatic rings. The molecule has 108 valence electrons. The van der Waals surface area contributed by atoms with Crippen LogP contribution in [-0.4, -0.2) is 29.0 Å². The van der Waals surface area contributed by atoms with Crippen molar-refractivity contribution in [3.63, 3.8) is 0 Å². The van der Waals surface area contributed by atoms with Crippen molar-refractivity contribution in [3.8, 4) is 0 Å². The zero-order valence-corrected chi connectivity index (χ0v) is 13.6. The van der Waals surface area contributed by atoms with Crippen molar-refractivity contribution in [1.82, 2.24) is 15.1 Å². The Balaban J connectivity index is 2.28. The van der Waals surface area contributed by atoms with Crippen molar-refractivity contribution in [2.45, 2.75) is 52.3 Å². The van der Waals surface area contributed by atoms with Crippen molar-refractivity contribution in [1.29, 1.82) is 0 Å². The number of nitrogens with zero attached hydrogens (tertiary/aromatic N) is 2. The molecule has 1 heterocycles. The summed E-state index contributed by atoms with van der Waals surface area (Å²) in [6.45, 7) is 8.92. The summed E-state index contributed by atoms with van der Waals surface area (Å²) in [6.07, 6.45) is 4.71. The van der Waals surface area contributed by atoms with Crippen molar-refractivity contribution in [2.24, 2.45) is 5.92 Å². The molecule has 1 aliphatic carbocycles. The van der Waals surface area contributed by atoms with Gasteiger partial charge in [0.15, 0.2) is 0 Å². The van der Waals surface area contributed by atoms with E-state index >= 15 is 0 Å².